The van der Waals surface area contributed by atoms with E-state index < -0.39 is 0 Å². The maximum absolute atomic E-state index is 9.71. The van der Waals surface area contributed by atoms with Crippen molar-refractivity contribution in [3.63, 3.8) is 0 Å². The molecule has 1 aliphatic heterocycles. The van der Waals surface area contributed by atoms with Crippen LogP contribution in [0.3, 0.4) is 0 Å². The van der Waals surface area contributed by atoms with Gasteiger partial charge >= 0.3 is 0 Å². The third-order valence-electron chi connectivity index (χ3n) is 3.92. The van der Waals surface area contributed by atoms with E-state index in [0.717, 1.165) is 25.9 Å². The molecular weight excluding hydrogens is 212 g/mol. The highest BCUT2D eigenvalue weighted by Gasteiger charge is 2.36. The van der Waals surface area contributed by atoms with Crippen molar-refractivity contribution >= 4 is 5.69 Å². The zero-order valence-corrected chi connectivity index (χ0v) is 10.8. The van der Waals surface area contributed by atoms with E-state index in [2.05, 4.69) is 48.2 Å². The second-order valence-electron chi connectivity index (χ2n) is 5.14. The van der Waals surface area contributed by atoms with Crippen molar-refractivity contribution in [2.24, 2.45) is 0 Å². The Morgan fingerprint density at radius 2 is 2.00 bits per heavy atom. The fourth-order valence-electron chi connectivity index (χ4n) is 2.61. The van der Waals surface area contributed by atoms with E-state index >= 15 is 0 Å². The van der Waals surface area contributed by atoms with Gasteiger partial charge in [-0.15, -0.1) is 0 Å². The molecule has 1 N–H and O–H groups in total. The molecule has 1 aliphatic rings. The molecule has 1 fully saturated rings. The van der Waals surface area contributed by atoms with E-state index in [1.165, 1.54) is 5.69 Å². The topological polar surface area (TPSA) is 26.7 Å². The van der Waals surface area contributed by atoms with Crippen LogP contribution in [0.4, 0.5) is 5.69 Å². The molecule has 0 aliphatic carbocycles. The molecular formula is C14H22N2O. The molecule has 1 aromatic carbocycles. The van der Waals surface area contributed by atoms with E-state index in [1.807, 2.05) is 6.07 Å². The first kappa shape index (κ1) is 12.4. The zero-order valence-electron chi connectivity index (χ0n) is 10.8. The lowest BCUT2D eigenvalue weighted by Crippen LogP contribution is -2.58. The van der Waals surface area contributed by atoms with Gasteiger partial charge in [0.25, 0.3) is 0 Å². The van der Waals surface area contributed by atoms with Crippen LogP contribution in [0.25, 0.3) is 0 Å². The molecule has 0 saturated carbocycles. The number of hydrogen-bond donors (Lipinski definition) is 1. The molecule has 1 unspecified atom stereocenters. The van der Waals surface area contributed by atoms with E-state index in [1.54, 1.807) is 0 Å². The first-order chi connectivity index (χ1) is 8.18. The number of aliphatic hydroxyl groups excluding tert-OH is 1. The van der Waals surface area contributed by atoms with Crippen molar-refractivity contribution < 1.29 is 5.11 Å². The highest BCUT2D eigenvalue weighted by Crippen LogP contribution is 2.28. The first-order valence-electron chi connectivity index (χ1n) is 6.26. The third kappa shape index (κ3) is 2.45. The van der Waals surface area contributed by atoms with Gasteiger partial charge in [0.05, 0.1) is 12.1 Å². The smallest absolute Gasteiger partial charge is 0.0632 e. The van der Waals surface area contributed by atoms with Crippen molar-refractivity contribution in [1.29, 1.82) is 0 Å². The Kier molecular flexibility index (Phi) is 3.69. The summed E-state index contributed by atoms with van der Waals surface area (Å²) in [7, 11) is 4.12. The van der Waals surface area contributed by atoms with Gasteiger partial charge in [-0.25, -0.2) is 0 Å². The van der Waals surface area contributed by atoms with Gasteiger partial charge in [0.1, 0.15) is 0 Å². The maximum atomic E-state index is 9.71. The number of hydrogen-bond acceptors (Lipinski definition) is 3. The van der Waals surface area contributed by atoms with Crippen molar-refractivity contribution in [3.8, 4) is 0 Å². The maximum Gasteiger partial charge on any atom is 0.0632 e. The van der Waals surface area contributed by atoms with Crippen LogP contribution >= 0.6 is 0 Å². The van der Waals surface area contributed by atoms with Crippen LogP contribution in [-0.2, 0) is 0 Å². The van der Waals surface area contributed by atoms with Crippen LogP contribution in [0.5, 0.6) is 0 Å². The van der Waals surface area contributed by atoms with Crippen LogP contribution in [0.2, 0.25) is 0 Å². The van der Waals surface area contributed by atoms with Crippen molar-refractivity contribution in [2.75, 3.05) is 38.7 Å². The van der Waals surface area contributed by atoms with Gasteiger partial charge in [0.15, 0.2) is 0 Å². The highest BCUT2D eigenvalue weighted by molar-refractivity contribution is 5.47. The minimum Gasteiger partial charge on any atom is -0.394 e. The number of para-hydroxylation sites is 1. The molecule has 0 radical (unpaired) electrons. The molecule has 94 valence electrons. The second-order valence-corrected chi connectivity index (χ2v) is 5.14. The number of nitrogens with zero attached hydrogens (tertiary/aromatic N) is 2. The molecule has 0 aromatic heterocycles. The van der Waals surface area contributed by atoms with Crippen LogP contribution in [0, 0.1) is 0 Å². The molecule has 1 heterocycles. The van der Waals surface area contributed by atoms with Crippen molar-refractivity contribution in [3.05, 3.63) is 30.3 Å². The van der Waals surface area contributed by atoms with Gasteiger partial charge in [-0.05, 0) is 39.1 Å². The molecule has 3 nitrogen and oxygen atoms in total. The fraction of sp³-hybridized carbons (Fsp3) is 0.571. The molecule has 0 bridgehead atoms. The lowest BCUT2D eigenvalue weighted by molar-refractivity contribution is 0.0547. The first-order valence-corrected chi connectivity index (χ1v) is 6.26. The number of likely N-dealkylation sites (N-methyl/N-ethyl adjacent to an activating group) is 1. The monoisotopic (exact) mass is 234 g/mol. The molecule has 2 rings (SSSR count). The van der Waals surface area contributed by atoms with Crippen LogP contribution in [-0.4, -0.2) is 49.3 Å². The SMILES string of the molecule is CN(C)C1(CO)CCCN(c2ccccc2)C1. The average Bonchev–Trinajstić information content (AvgIpc) is 2.39. The average molecular weight is 234 g/mol. The molecule has 1 saturated heterocycles. The highest BCUT2D eigenvalue weighted by atomic mass is 16.3. The van der Waals surface area contributed by atoms with Gasteiger partial charge in [-0.3, -0.25) is 4.90 Å². The summed E-state index contributed by atoms with van der Waals surface area (Å²) >= 11 is 0. The van der Waals surface area contributed by atoms with Crippen molar-refractivity contribution in [1.82, 2.24) is 4.90 Å². The summed E-state index contributed by atoms with van der Waals surface area (Å²) < 4.78 is 0. The molecule has 3 heteroatoms. The molecule has 1 atom stereocenters. The summed E-state index contributed by atoms with van der Waals surface area (Å²) in [5.74, 6) is 0. The molecule has 1 aromatic rings. The number of aliphatic hydroxyl groups is 1. The predicted molar refractivity (Wildman–Crippen MR) is 71.4 cm³/mol. The fourth-order valence-corrected chi connectivity index (χ4v) is 2.61. The largest absolute Gasteiger partial charge is 0.394 e. The minimum atomic E-state index is -0.0892. The summed E-state index contributed by atoms with van der Waals surface area (Å²) in [6.07, 6.45) is 2.20. The normalized spacial score (nSPS) is 25.3. The number of piperidine rings is 1. The summed E-state index contributed by atoms with van der Waals surface area (Å²) in [5.41, 5.74) is 1.17. The van der Waals surface area contributed by atoms with Gasteiger partial charge in [0, 0.05) is 18.8 Å². The summed E-state index contributed by atoms with van der Waals surface area (Å²) in [6, 6.07) is 10.5. The summed E-state index contributed by atoms with van der Waals surface area (Å²) in [6.45, 7) is 2.21. The van der Waals surface area contributed by atoms with E-state index in [0.29, 0.717) is 0 Å². The standard InChI is InChI=1S/C14H22N2O/c1-15(2)14(12-17)9-6-10-16(11-14)13-7-4-3-5-8-13/h3-5,7-8,17H,6,9-12H2,1-2H3. The zero-order chi connectivity index (χ0) is 12.3. The van der Waals surface area contributed by atoms with Gasteiger partial charge in [0.2, 0.25) is 0 Å². The van der Waals surface area contributed by atoms with Crippen LogP contribution < -0.4 is 4.90 Å². The van der Waals surface area contributed by atoms with E-state index in [-0.39, 0.29) is 12.1 Å². The van der Waals surface area contributed by atoms with Gasteiger partial charge in [-0.2, -0.15) is 0 Å². The lowest BCUT2D eigenvalue weighted by atomic mass is 9.88. The predicted octanol–water partition coefficient (Wildman–Crippen LogP) is 1.58. The van der Waals surface area contributed by atoms with Crippen molar-refractivity contribution in [2.45, 2.75) is 18.4 Å². The third-order valence-corrected chi connectivity index (χ3v) is 3.92. The number of benzene rings is 1. The van der Waals surface area contributed by atoms with Gasteiger partial charge < -0.3 is 10.0 Å². The lowest BCUT2D eigenvalue weighted by Gasteiger charge is -2.46. The summed E-state index contributed by atoms with van der Waals surface area (Å²) in [5, 5.41) is 9.71. The Labute approximate surface area is 104 Å². The quantitative estimate of drug-likeness (QED) is 0.860. The summed E-state index contributed by atoms with van der Waals surface area (Å²) in [4.78, 5) is 4.54. The van der Waals surface area contributed by atoms with Gasteiger partial charge in [-0.1, -0.05) is 18.2 Å². The number of anilines is 1. The number of rotatable bonds is 3. The Hall–Kier alpha value is -1.06. The van der Waals surface area contributed by atoms with E-state index in [9.17, 15) is 5.11 Å². The van der Waals surface area contributed by atoms with E-state index in [4.69, 9.17) is 0 Å². The second kappa shape index (κ2) is 5.07. The van der Waals surface area contributed by atoms with Crippen LogP contribution in [0.15, 0.2) is 30.3 Å². The Bertz CT molecular complexity index is 352. The Morgan fingerprint density at radius 1 is 1.29 bits per heavy atom. The Morgan fingerprint density at radius 3 is 2.59 bits per heavy atom. The molecule has 0 amide bonds. The molecule has 0 spiro atoms. The van der Waals surface area contributed by atoms with Crippen LogP contribution in [0.1, 0.15) is 12.8 Å². The molecule has 17 heavy (non-hydrogen) atoms. The Balaban J connectivity index is 2.17. The minimum absolute atomic E-state index is 0.0892.